The molecule has 0 aliphatic heterocycles. The minimum absolute atomic E-state index is 0.0481. The molecule has 4 atom stereocenters. The van der Waals surface area contributed by atoms with E-state index in [0.29, 0.717) is 31.4 Å². The Morgan fingerprint density at radius 2 is 1.48 bits per heavy atom. The fourth-order valence-electron chi connectivity index (χ4n) is 2.90. The third kappa shape index (κ3) is 10.2. The molecule has 0 aliphatic carbocycles. The van der Waals surface area contributed by atoms with Crippen molar-refractivity contribution in [2.24, 2.45) is 11.5 Å². The van der Waals surface area contributed by atoms with E-state index >= 15 is 0 Å². The molecule has 1 aromatic rings. The molecule has 0 saturated heterocycles. The average molecular weight is 484 g/mol. The summed E-state index contributed by atoms with van der Waals surface area (Å²) in [4.78, 5) is 48.9. The van der Waals surface area contributed by atoms with Gasteiger partial charge in [0.15, 0.2) is 0 Å². The first kappa shape index (κ1) is 28.4. The standard InChI is InChI=1S/C21H33N5O6S/c22-9-5-4-8-14(23)18(28)25-16(11-27)19(29)26-17(12-33)20(30)24-15(21(31)32)10-13-6-2-1-3-7-13/h1-3,6-7,14-17,27,33H,4-5,8-12,22-23H2,(H,24,30)(H,25,28)(H,26,29)(H,31,32). The molecule has 11 nitrogen and oxygen atoms in total. The van der Waals surface area contributed by atoms with Gasteiger partial charge in [-0.25, -0.2) is 4.79 Å². The SMILES string of the molecule is NCCCCC(N)C(=O)NC(CO)C(=O)NC(CS)C(=O)NC(Cc1ccccc1)C(=O)O. The van der Waals surface area contributed by atoms with Gasteiger partial charge in [0, 0.05) is 12.2 Å². The molecule has 0 heterocycles. The van der Waals surface area contributed by atoms with Gasteiger partial charge in [0.05, 0.1) is 12.6 Å². The molecule has 4 unspecified atom stereocenters. The largest absolute Gasteiger partial charge is 0.480 e. The molecule has 0 radical (unpaired) electrons. The number of benzene rings is 1. The van der Waals surface area contributed by atoms with Gasteiger partial charge in [-0.05, 0) is 24.9 Å². The molecule has 3 amide bonds. The number of carbonyl (C=O) groups is 4. The molecule has 0 fully saturated rings. The molecule has 0 spiro atoms. The minimum Gasteiger partial charge on any atom is -0.480 e. The highest BCUT2D eigenvalue weighted by Crippen LogP contribution is 2.05. The zero-order valence-electron chi connectivity index (χ0n) is 18.3. The maximum absolute atomic E-state index is 12.6. The average Bonchev–Trinajstić information content (AvgIpc) is 2.80. The Morgan fingerprint density at radius 3 is 2.03 bits per heavy atom. The Morgan fingerprint density at radius 1 is 0.909 bits per heavy atom. The number of thiol groups is 1. The molecule has 33 heavy (non-hydrogen) atoms. The van der Waals surface area contributed by atoms with E-state index in [4.69, 9.17) is 11.5 Å². The highest BCUT2D eigenvalue weighted by Gasteiger charge is 2.29. The summed E-state index contributed by atoms with van der Waals surface area (Å²) >= 11 is 4.05. The quantitative estimate of drug-likeness (QED) is 0.105. The monoisotopic (exact) mass is 483 g/mol. The number of amides is 3. The molecule has 1 rings (SSSR count). The Hall–Kier alpha value is -2.67. The van der Waals surface area contributed by atoms with Gasteiger partial charge in [-0.1, -0.05) is 36.8 Å². The number of carbonyl (C=O) groups excluding carboxylic acids is 3. The number of carboxylic acid groups (broad SMARTS) is 1. The van der Waals surface area contributed by atoms with Crippen molar-refractivity contribution in [1.29, 1.82) is 0 Å². The summed E-state index contributed by atoms with van der Waals surface area (Å²) in [5, 5.41) is 26.1. The van der Waals surface area contributed by atoms with Crippen molar-refractivity contribution < 1.29 is 29.4 Å². The van der Waals surface area contributed by atoms with Gasteiger partial charge in [0.25, 0.3) is 0 Å². The number of carboxylic acids is 1. The molecule has 0 aromatic heterocycles. The number of nitrogens with two attached hydrogens (primary N) is 2. The van der Waals surface area contributed by atoms with Crippen LogP contribution >= 0.6 is 12.6 Å². The molecule has 0 bridgehead atoms. The minimum atomic E-state index is -1.34. The zero-order chi connectivity index (χ0) is 24.8. The first-order valence-corrected chi connectivity index (χ1v) is 11.2. The summed E-state index contributed by atoms with van der Waals surface area (Å²) < 4.78 is 0. The van der Waals surface area contributed by atoms with E-state index in [1.165, 1.54) is 0 Å². The van der Waals surface area contributed by atoms with Gasteiger partial charge in [0.1, 0.15) is 18.1 Å². The lowest BCUT2D eigenvalue weighted by Crippen LogP contribution is -2.58. The van der Waals surface area contributed by atoms with Crippen LogP contribution in [0.25, 0.3) is 0 Å². The third-order valence-corrected chi connectivity index (χ3v) is 5.20. The first-order chi connectivity index (χ1) is 15.7. The predicted octanol–water partition coefficient (Wildman–Crippen LogP) is -1.85. The Bertz CT molecular complexity index is 782. The molecule has 12 heteroatoms. The number of aliphatic hydroxyl groups is 1. The lowest BCUT2D eigenvalue weighted by molar-refractivity contribution is -0.142. The summed E-state index contributed by atoms with van der Waals surface area (Å²) in [7, 11) is 0. The van der Waals surface area contributed by atoms with Crippen LogP contribution in [0.2, 0.25) is 0 Å². The van der Waals surface area contributed by atoms with E-state index in [-0.39, 0.29) is 12.2 Å². The van der Waals surface area contributed by atoms with Crippen molar-refractivity contribution in [3.05, 3.63) is 35.9 Å². The second kappa shape index (κ2) is 15.2. The van der Waals surface area contributed by atoms with Crippen LogP contribution in [0.4, 0.5) is 0 Å². The number of hydrogen-bond donors (Lipinski definition) is 8. The van der Waals surface area contributed by atoms with Gasteiger partial charge in [-0.2, -0.15) is 12.6 Å². The maximum atomic E-state index is 12.6. The molecule has 0 aliphatic rings. The smallest absolute Gasteiger partial charge is 0.326 e. The van der Waals surface area contributed by atoms with E-state index in [1.54, 1.807) is 30.3 Å². The second-order valence-electron chi connectivity index (χ2n) is 7.47. The van der Waals surface area contributed by atoms with Crippen LogP contribution in [0.1, 0.15) is 24.8 Å². The van der Waals surface area contributed by atoms with Crippen LogP contribution in [0.5, 0.6) is 0 Å². The Balaban J connectivity index is 2.70. The van der Waals surface area contributed by atoms with Crippen molar-refractivity contribution >= 4 is 36.3 Å². The van der Waals surface area contributed by atoms with E-state index in [2.05, 4.69) is 28.6 Å². The lowest BCUT2D eigenvalue weighted by atomic mass is 10.1. The van der Waals surface area contributed by atoms with Crippen molar-refractivity contribution in [1.82, 2.24) is 16.0 Å². The predicted molar refractivity (Wildman–Crippen MR) is 125 cm³/mol. The summed E-state index contributed by atoms with van der Waals surface area (Å²) in [6.45, 7) is -0.253. The zero-order valence-corrected chi connectivity index (χ0v) is 19.2. The van der Waals surface area contributed by atoms with Gasteiger partial charge in [0.2, 0.25) is 17.7 Å². The number of aliphatic carboxylic acids is 1. The molecule has 0 saturated carbocycles. The van der Waals surface area contributed by atoms with Crippen LogP contribution in [0.3, 0.4) is 0 Å². The summed E-state index contributed by atoms with van der Waals surface area (Å²) in [5.74, 6) is -3.59. The molecular weight excluding hydrogens is 450 g/mol. The van der Waals surface area contributed by atoms with Crippen LogP contribution in [0.15, 0.2) is 30.3 Å². The van der Waals surface area contributed by atoms with Gasteiger partial charge in [-0.3, -0.25) is 14.4 Å². The molecule has 184 valence electrons. The number of nitrogens with one attached hydrogen (secondary N) is 3. The molecular formula is C21H33N5O6S. The Kier molecular flexibility index (Phi) is 13.1. The number of hydrogen-bond acceptors (Lipinski definition) is 8. The fourth-order valence-corrected chi connectivity index (χ4v) is 3.16. The van der Waals surface area contributed by atoms with Crippen molar-refractivity contribution in [3.63, 3.8) is 0 Å². The summed E-state index contributed by atoms with van der Waals surface area (Å²) in [6.07, 6.45) is 1.75. The number of aliphatic hydroxyl groups excluding tert-OH is 1. The van der Waals surface area contributed by atoms with Crippen LogP contribution in [0, 0.1) is 0 Å². The highest BCUT2D eigenvalue weighted by atomic mass is 32.1. The highest BCUT2D eigenvalue weighted by molar-refractivity contribution is 7.80. The topological polar surface area (TPSA) is 197 Å². The van der Waals surface area contributed by atoms with Gasteiger partial charge >= 0.3 is 5.97 Å². The first-order valence-electron chi connectivity index (χ1n) is 10.6. The summed E-state index contributed by atoms with van der Waals surface area (Å²) in [5.41, 5.74) is 11.9. The Labute approximate surface area is 198 Å². The second-order valence-corrected chi connectivity index (χ2v) is 7.83. The van der Waals surface area contributed by atoms with Crippen molar-refractivity contribution in [2.45, 2.75) is 49.9 Å². The fraction of sp³-hybridized carbons (Fsp3) is 0.524. The number of unbranched alkanes of at least 4 members (excludes halogenated alkanes) is 1. The van der Waals surface area contributed by atoms with Gasteiger partial charge in [-0.15, -0.1) is 0 Å². The van der Waals surface area contributed by atoms with Crippen LogP contribution in [-0.2, 0) is 25.6 Å². The third-order valence-electron chi connectivity index (χ3n) is 4.83. The lowest BCUT2D eigenvalue weighted by Gasteiger charge is -2.23. The number of rotatable bonds is 15. The summed E-state index contributed by atoms with van der Waals surface area (Å²) in [6, 6.07) is 4.12. The van der Waals surface area contributed by atoms with E-state index in [9.17, 15) is 29.4 Å². The maximum Gasteiger partial charge on any atom is 0.326 e. The van der Waals surface area contributed by atoms with E-state index in [0.717, 1.165) is 0 Å². The van der Waals surface area contributed by atoms with Crippen molar-refractivity contribution in [2.75, 3.05) is 18.9 Å². The normalized spacial score (nSPS) is 14.4. The van der Waals surface area contributed by atoms with Gasteiger partial charge < -0.3 is 37.6 Å². The van der Waals surface area contributed by atoms with Crippen LogP contribution < -0.4 is 27.4 Å². The van der Waals surface area contributed by atoms with E-state index in [1.807, 2.05) is 0 Å². The van der Waals surface area contributed by atoms with E-state index < -0.39 is 54.5 Å². The molecule has 1 aromatic carbocycles. The van der Waals surface area contributed by atoms with Crippen LogP contribution in [-0.4, -0.2) is 77.0 Å². The molecule has 9 N–H and O–H groups in total. The van der Waals surface area contributed by atoms with Crippen molar-refractivity contribution in [3.8, 4) is 0 Å².